The van der Waals surface area contributed by atoms with E-state index in [2.05, 4.69) is 109 Å². The van der Waals surface area contributed by atoms with Crippen molar-refractivity contribution in [1.82, 2.24) is 14.8 Å². The fourth-order valence-electron chi connectivity index (χ4n) is 2.99. The van der Waals surface area contributed by atoms with Gasteiger partial charge in [0.15, 0.2) is 5.16 Å². The lowest BCUT2D eigenvalue weighted by Gasteiger charge is -2.12. The van der Waals surface area contributed by atoms with Crippen molar-refractivity contribution in [1.29, 1.82) is 0 Å². The highest BCUT2D eigenvalue weighted by molar-refractivity contribution is 9.11. The molecule has 1 aromatic heterocycles. The molecule has 29 heavy (non-hydrogen) atoms. The van der Waals surface area contributed by atoms with Gasteiger partial charge >= 0.3 is 0 Å². The maximum Gasteiger partial charge on any atom is 0.201 e. The smallest absolute Gasteiger partial charge is 0.201 e. The molecule has 0 amide bonds. The minimum atomic E-state index is 0.201. The monoisotopic (exact) mass is 659 g/mol. The van der Waals surface area contributed by atoms with Gasteiger partial charge in [0.25, 0.3) is 0 Å². The van der Waals surface area contributed by atoms with Crippen molar-refractivity contribution in [3.05, 3.63) is 77.8 Å². The molecule has 1 N–H and O–H groups in total. The highest BCUT2D eigenvalue weighted by Gasteiger charge is 2.14. The van der Waals surface area contributed by atoms with Crippen LogP contribution in [-0.4, -0.2) is 19.9 Å². The van der Waals surface area contributed by atoms with Crippen molar-refractivity contribution in [2.24, 2.45) is 0 Å². The standard InChI is InChI=1S/C20H13Br4N3OS/c21-15-6-5-12(13-3-1-2-4-14(13)15)9-27-19(24)25-26-20(27)29-10-11-7-16(22)18(28)17(23)8-11/h1-8,28H,9-10H2. The molecule has 0 aliphatic heterocycles. The Labute approximate surface area is 205 Å². The Morgan fingerprint density at radius 2 is 1.55 bits per heavy atom. The van der Waals surface area contributed by atoms with E-state index in [1.807, 2.05) is 18.2 Å². The molecular formula is C20H13Br4N3OS. The van der Waals surface area contributed by atoms with Crippen molar-refractivity contribution >= 4 is 86.3 Å². The number of aromatic nitrogens is 3. The van der Waals surface area contributed by atoms with E-state index in [-0.39, 0.29) is 5.75 Å². The summed E-state index contributed by atoms with van der Waals surface area (Å²) < 4.78 is 5.15. The normalized spacial score (nSPS) is 11.3. The zero-order chi connectivity index (χ0) is 20.5. The van der Waals surface area contributed by atoms with Crippen LogP contribution in [0.25, 0.3) is 10.8 Å². The molecule has 0 aliphatic carbocycles. The molecule has 1 heterocycles. The number of benzene rings is 3. The second-order valence-corrected chi connectivity index (χ2v) is 10.5. The fraction of sp³-hybridized carbons (Fsp3) is 0.100. The van der Waals surface area contributed by atoms with Gasteiger partial charge in [-0.05, 0) is 87.9 Å². The van der Waals surface area contributed by atoms with Crippen LogP contribution in [0, 0.1) is 0 Å². The maximum atomic E-state index is 9.90. The molecule has 0 saturated carbocycles. The summed E-state index contributed by atoms with van der Waals surface area (Å²) in [4.78, 5) is 0. The summed E-state index contributed by atoms with van der Waals surface area (Å²) in [6.45, 7) is 0.659. The second kappa shape index (κ2) is 9.09. The van der Waals surface area contributed by atoms with Crippen molar-refractivity contribution in [2.75, 3.05) is 0 Å². The molecule has 9 heteroatoms. The molecular weight excluding hydrogens is 650 g/mol. The highest BCUT2D eigenvalue weighted by Crippen LogP contribution is 2.35. The number of phenolic OH excluding ortho intramolecular Hbond substituents is 1. The van der Waals surface area contributed by atoms with Gasteiger partial charge in [0.05, 0.1) is 15.5 Å². The Morgan fingerprint density at radius 3 is 2.28 bits per heavy atom. The van der Waals surface area contributed by atoms with Gasteiger partial charge in [0, 0.05) is 10.2 Å². The van der Waals surface area contributed by atoms with E-state index in [9.17, 15) is 5.11 Å². The van der Waals surface area contributed by atoms with Gasteiger partial charge in [0.2, 0.25) is 4.73 Å². The Bertz CT molecular complexity index is 1190. The minimum absolute atomic E-state index is 0.201. The average molecular weight is 663 g/mol. The van der Waals surface area contributed by atoms with Gasteiger partial charge in [-0.15, -0.1) is 10.2 Å². The van der Waals surface area contributed by atoms with E-state index in [0.717, 1.165) is 15.2 Å². The zero-order valence-electron chi connectivity index (χ0n) is 14.7. The Hall–Kier alpha value is -0.870. The molecule has 0 fully saturated rings. The number of fused-ring (bicyclic) bond motifs is 1. The van der Waals surface area contributed by atoms with Crippen LogP contribution < -0.4 is 0 Å². The summed E-state index contributed by atoms with van der Waals surface area (Å²) in [5, 5.41) is 21.6. The Balaban J connectivity index is 1.61. The minimum Gasteiger partial charge on any atom is -0.506 e. The summed E-state index contributed by atoms with van der Waals surface area (Å²) >= 11 is 15.5. The molecule has 0 unspecified atom stereocenters. The van der Waals surface area contributed by atoms with Gasteiger partial charge in [-0.2, -0.15) is 0 Å². The van der Waals surface area contributed by atoms with E-state index >= 15 is 0 Å². The number of thioether (sulfide) groups is 1. The van der Waals surface area contributed by atoms with Gasteiger partial charge < -0.3 is 5.11 Å². The molecule has 0 aliphatic rings. The lowest BCUT2D eigenvalue weighted by molar-refractivity contribution is 0.468. The quantitative estimate of drug-likeness (QED) is 0.225. The van der Waals surface area contributed by atoms with Gasteiger partial charge in [-0.25, -0.2) is 0 Å². The number of rotatable bonds is 5. The second-order valence-electron chi connectivity index (χ2n) is 6.29. The van der Waals surface area contributed by atoms with Crippen LogP contribution >= 0.6 is 75.5 Å². The molecule has 0 radical (unpaired) electrons. The highest BCUT2D eigenvalue weighted by atomic mass is 79.9. The maximum absolute atomic E-state index is 9.90. The number of nitrogens with zero attached hydrogens (tertiary/aromatic N) is 3. The largest absolute Gasteiger partial charge is 0.506 e. The number of hydrogen-bond acceptors (Lipinski definition) is 4. The topological polar surface area (TPSA) is 50.9 Å². The van der Waals surface area contributed by atoms with Crippen molar-refractivity contribution < 1.29 is 5.11 Å². The molecule has 0 spiro atoms. The SMILES string of the molecule is Oc1c(Br)cc(CSc2nnc(Br)n2Cc2ccc(Br)c3ccccc23)cc1Br. The fourth-order valence-corrected chi connectivity index (χ4v) is 6.11. The number of hydrogen-bond donors (Lipinski definition) is 1. The van der Waals surface area contributed by atoms with Gasteiger partial charge in [-0.1, -0.05) is 58.0 Å². The molecule has 0 bridgehead atoms. The summed E-state index contributed by atoms with van der Waals surface area (Å²) in [7, 11) is 0. The summed E-state index contributed by atoms with van der Waals surface area (Å²) in [5.41, 5.74) is 2.26. The van der Waals surface area contributed by atoms with Gasteiger partial charge in [-0.3, -0.25) is 4.57 Å². The van der Waals surface area contributed by atoms with Crippen LogP contribution in [0.15, 0.2) is 71.8 Å². The van der Waals surface area contributed by atoms with Crippen LogP contribution in [0.1, 0.15) is 11.1 Å². The third-order valence-corrected chi connectivity index (χ3v) is 7.93. The van der Waals surface area contributed by atoms with E-state index in [4.69, 9.17) is 0 Å². The summed E-state index contributed by atoms with van der Waals surface area (Å²) in [6, 6.07) is 16.4. The van der Waals surface area contributed by atoms with E-state index < -0.39 is 0 Å². The Kier molecular flexibility index (Phi) is 6.70. The van der Waals surface area contributed by atoms with E-state index in [1.54, 1.807) is 11.8 Å². The summed E-state index contributed by atoms with van der Waals surface area (Å²) in [6.07, 6.45) is 0. The zero-order valence-corrected chi connectivity index (χ0v) is 21.9. The molecule has 0 atom stereocenters. The van der Waals surface area contributed by atoms with Gasteiger partial charge in [0.1, 0.15) is 5.75 Å². The first kappa shape index (κ1) is 21.4. The number of halogens is 4. The third-order valence-electron chi connectivity index (χ3n) is 4.41. The van der Waals surface area contributed by atoms with Crippen molar-refractivity contribution in [3.63, 3.8) is 0 Å². The average Bonchev–Trinajstić information content (AvgIpc) is 3.06. The lowest BCUT2D eigenvalue weighted by Crippen LogP contribution is -2.03. The lowest BCUT2D eigenvalue weighted by atomic mass is 10.0. The predicted octanol–water partition coefficient (Wildman–Crippen LogP) is 7.53. The predicted molar refractivity (Wildman–Crippen MR) is 132 cm³/mol. The van der Waals surface area contributed by atoms with Crippen LogP contribution in [-0.2, 0) is 12.3 Å². The number of phenols is 1. The molecule has 3 aromatic carbocycles. The van der Waals surface area contributed by atoms with E-state index in [1.165, 1.54) is 16.3 Å². The molecule has 4 nitrogen and oxygen atoms in total. The molecule has 4 rings (SSSR count). The molecule has 148 valence electrons. The first-order valence-corrected chi connectivity index (χ1v) is 12.6. The first-order chi connectivity index (χ1) is 13.9. The van der Waals surface area contributed by atoms with E-state index in [0.29, 0.717) is 26.0 Å². The Morgan fingerprint density at radius 1 is 0.862 bits per heavy atom. The first-order valence-electron chi connectivity index (χ1n) is 8.48. The van der Waals surface area contributed by atoms with Crippen LogP contribution in [0.5, 0.6) is 5.75 Å². The van der Waals surface area contributed by atoms with Crippen LogP contribution in [0.4, 0.5) is 0 Å². The molecule has 0 saturated heterocycles. The third kappa shape index (κ3) is 4.58. The van der Waals surface area contributed by atoms with Crippen molar-refractivity contribution in [3.8, 4) is 5.75 Å². The van der Waals surface area contributed by atoms with Crippen LogP contribution in [0.2, 0.25) is 0 Å². The van der Waals surface area contributed by atoms with Crippen molar-refractivity contribution in [2.45, 2.75) is 17.5 Å². The molecule has 4 aromatic rings. The summed E-state index contributed by atoms with van der Waals surface area (Å²) in [5.74, 6) is 0.899. The number of aromatic hydroxyl groups is 1. The van der Waals surface area contributed by atoms with Crippen LogP contribution in [0.3, 0.4) is 0 Å².